The highest BCUT2D eigenvalue weighted by atomic mass is 16.6. The van der Waals surface area contributed by atoms with E-state index in [1.54, 1.807) is 23.1 Å². The lowest BCUT2D eigenvalue weighted by atomic mass is 10.2. The molecule has 8 heteroatoms. The number of anilines is 2. The number of carbonyl (C=O) groups excluding carboxylic acids is 1. The van der Waals surface area contributed by atoms with Crippen LogP contribution < -0.4 is 10.2 Å². The van der Waals surface area contributed by atoms with Crippen LogP contribution in [-0.2, 0) is 11.3 Å². The number of carbonyl (C=O) groups is 1. The van der Waals surface area contributed by atoms with Crippen molar-refractivity contribution in [2.75, 3.05) is 30.0 Å². The Kier molecular flexibility index (Phi) is 5.91. The van der Waals surface area contributed by atoms with Crippen LogP contribution >= 0.6 is 0 Å². The molecule has 154 valence electrons. The van der Waals surface area contributed by atoms with Crippen molar-refractivity contribution in [1.29, 1.82) is 0 Å². The average Bonchev–Trinajstić information content (AvgIpc) is 3.15. The molecule has 1 aliphatic heterocycles. The maximum atomic E-state index is 12.3. The molecule has 0 bridgehead atoms. The molecule has 2 aromatic carbocycles. The van der Waals surface area contributed by atoms with E-state index >= 15 is 0 Å². The summed E-state index contributed by atoms with van der Waals surface area (Å²) in [7, 11) is 0. The molecule has 1 fully saturated rings. The first-order valence-electron chi connectivity index (χ1n) is 9.53. The van der Waals surface area contributed by atoms with Crippen LogP contribution in [0.15, 0.2) is 48.5 Å². The van der Waals surface area contributed by atoms with Crippen LogP contribution in [0.2, 0.25) is 0 Å². The van der Waals surface area contributed by atoms with Gasteiger partial charge in [0, 0.05) is 19.6 Å². The minimum Gasteiger partial charge on any atom is -0.444 e. The Hall–Kier alpha value is -3.29. The fourth-order valence-corrected chi connectivity index (χ4v) is 3.18. The fraction of sp³-hybridized carbons (Fsp3) is 0.381. The summed E-state index contributed by atoms with van der Waals surface area (Å²) < 4.78 is 5.41. The van der Waals surface area contributed by atoms with E-state index in [0.717, 1.165) is 5.56 Å². The largest absolute Gasteiger partial charge is 0.444 e. The summed E-state index contributed by atoms with van der Waals surface area (Å²) >= 11 is 0. The van der Waals surface area contributed by atoms with Gasteiger partial charge in [-0.3, -0.25) is 15.0 Å². The number of nitrogens with one attached hydrogen (secondary N) is 1. The Labute approximate surface area is 170 Å². The van der Waals surface area contributed by atoms with Crippen molar-refractivity contribution in [3.8, 4) is 0 Å². The normalized spacial score (nSPS) is 14.0. The monoisotopic (exact) mass is 398 g/mol. The van der Waals surface area contributed by atoms with Crippen LogP contribution in [0.25, 0.3) is 0 Å². The first kappa shape index (κ1) is 20.4. The number of nitrogens with zero attached hydrogens (tertiary/aromatic N) is 3. The number of nitro groups is 1. The number of para-hydroxylation sites is 1. The predicted molar refractivity (Wildman–Crippen MR) is 112 cm³/mol. The Morgan fingerprint density at radius 3 is 2.52 bits per heavy atom. The summed E-state index contributed by atoms with van der Waals surface area (Å²) in [5.41, 5.74) is 1.39. The smallest absolute Gasteiger partial charge is 0.411 e. The van der Waals surface area contributed by atoms with Crippen LogP contribution in [0, 0.1) is 10.1 Å². The number of hydrogen-bond acceptors (Lipinski definition) is 6. The highest BCUT2D eigenvalue weighted by molar-refractivity contribution is 5.78. The molecule has 0 atom stereocenters. The van der Waals surface area contributed by atoms with Gasteiger partial charge in [-0.1, -0.05) is 36.4 Å². The van der Waals surface area contributed by atoms with Crippen LogP contribution in [0.4, 0.5) is 21.9 Å². The maximum Gasteiger partial charge on any atom is 0.411 e. The number of nitro benzene ring substituents is 1. The molecule has 1 heterocycles. The highest BCUT2D eigenvalue weighted by Crippen LogP contribution is 2.37. The number of ether oxygens (including phenoxy) is 1. The van der Waals surface area contributed by atoms with Gasteiger partial charge in [0.15, 0.2) is 0 Å². The minimum atomic E-state index is -0.586. The SMILES string of the molecule is CC(C)(C)OC(=O)N1CCN(c2cccc(NCc3ccccc3)c2[N+](=O)[O-])C1. The summed E-state index contributed by atoms with van der Waals surface area (Å²) in [6, 6.07) is 14.9. The van der Waals surface area contributed by atoms with E-state index in [0.29, 0.717) is 31.0 Å². The summed E-state index contributed by atoms with van der Waals surface area (Å²) in [6.07, 6.45) is -0.416. The molecule has 0 aliphatic carbocycles. The van der Waals surface area contributed by atoms with Crippen LogP contribution in [-0.4, -0.2) is 41.3 Å². The molecule has 8 nitrogen and oxygen atoms in total. The summed E-state index contributed by atoms with van der Waals surface area (Å²) in [6.45, 7) is 7.12. The first-order chi connectivity index (χ1) is 13.7. The van der Waals surface area contributed by atoms with Crippen molar-refractivity contribution in [3.63, 3.8) is 0 Å². The first-order valence-corrected chi connectivity index (χ1v) is 9.53. The third-order valence-electron chi connectivity index (χ3n) is 4.50. The van der Waals surface area contributed by atoms with Crippen molar-refractivity contribution in [2.24, 2.45) is 0 Å². The molecule has 1 saturated heterocycles. The Balaban J connectivity index is 1.77. The van der Waals surface area contributed by atoms with E-state index in [2.05, 4.69) is 5.32 Å². The lowest BCUT2D eigenvalue weighted by molar-refractivity contribution is -0.383. The molecule has 3 rings (SSSR count). The molecule has 1 aliphatic rings. The van der Waals surface area contributed by atoms with Gasteiger partial charge in [-0.25, -0.2) is 4.79 Å². The fourth-order valence-electron chi connectivity index (χ4n) is 3.18. The Morgan fingerprint density at radius 1 is 1.14 bits per heavy atom. The standard InChI is InChI=1S/C21H26N4O4/c1-21(2,3)29-20(26)24-13-12-23(15-24)18-11-7-10-17(19(18)25(27)28)22-14-16-8-5-4-6-9-16/h4-11,22H,12-15H2,1-3H3. The topological polar surface area (TPSA) is 88.0 Å². The van der Waals surface area contributed by atoms with Crippen molar-refractivity contribution in [2.45, 2.75) is 32.9 Å². The molecule has 0 unspecified atom stereocenters. The van der Waals surface area contributed by atoms with Crippen molar-refractivity contribution in [3.05, 3.63) is 64.2 Å². The molecular weight excluding hydrogens is 372 g/mol. The lowest BCUT2D eigenvalue weighted by Gasteiger charge is -2.25. The second-order valence-electron chi connectivity index (χ2n) is 7.92. The molecule has 1 amide bonds. The molecule has 0 aromatic heterocycles. The van der Waals surface area contributed by atoms with Gasteiger partial charge in [0.25, 0.3) is 0 Å². The number of rotatable bonds is 5. The van der Waals surface area contributed by atoms with Gasteiger partial charge in [-0.2, -0.15) is 0 Å². The average molecular weight is 398 g/mol. The molecule has 29 heavy (non-hydrogen) atoms. The van der Waals surface area contributed by atoms with Crippen molar-refractivity contribution in [1.82, 2.24) is 4.90 Å². The third kappa shape index (κ3) is 5.16. The molecule has 1 N–H and O–H groups in total. The van der Waals surface area contributed by atoms with Gasteiger partial charge in [0.2, 0.25) is 0 Å². The van der Waals surface area contributed by atoms with Gasteiger partial charge < -0.3 is 15.0 Å². The predicted octanol–water partition coefficient (Wildman–Crippen LogP) is 4.22. The Bertz CT molecular complexity index is 880. The third-order valence-corrected chi connectivity index (χ3v) is 4.50. The summed E-state index contributed by atoms with van der Waals surface area (Å²) in [5.74, 6) is 0. The van der Waals surface area contributed by atoms with Crippen LogP contribution in [0.5, 0.6) is 0 Å². The van der Waals surface area contributed by atoms with Gasteiger partial charge in [-0.05, 0) is 38.5 Å². The summed E-state index contributed by atoms with van der Waals surface area (Å²) in [4.78, 5) is 27.2. The van der Waals surface area contributed by atoms with E-state index in [1.807, 2.05) is 56.0 Å². The molecule has 0 radical (unpaired) electrons. The lowest BCUT2D eigenvalue weighted by Crippen LogP contribution is -2.36. The number of amides is 1. The molecule has 0 spiro atoms. The quantitative estimate of drug-likeness (QED) is 0.599. The molecule has 2 aromatic rings. The van der Waals surface area contributed by atoms with E-state index < -0.39 is 11.7 Å². The van der Waals surface area contributed by atoms with Gasteiger partial charge in [-0.15, -0.1) is 0 Å². The van der Waals surface area contributed by atoms with E-state index in [4.69, 9.17) is 4.74 Å². The number of hydrogen-bond donors (Lipinski definition) is 1. The number of benzene rings is 2. The van der Waals surface area contributed by atoms with Gasteiger partial charge in [0.1, 0.15) is 17.0 Å². The van der Waals surface area contributed by atoms with Crippen molar-refractivity contribution < 1.29 is 14.5 Å². The van der Waals surface area contributed by atoms with Gasteiger partial charge in [0.05, 0.1) is 11.6 Å². The van der Waals surface area contributed by atoms with E-state index in [1.165, 1.54) is 0 Å². The molecular formula is C21H26N4O4. The maximum absolute atomic E-state index is 12.3. The van der Waals surface area contributed by atoms with E-state index in [-0.39, 0.29) is 17.3 Å². The van der Waals surface area contributed by atoms with Gasteiger partial charge >= 0.3 is 11.8 Å². The zero-order valence-corrected chi connectivity index (χ0v) is 16.9. The molecule has 0 saturated carbocycles. The zero-order chi connectivity index (χ0) is 21.0. The zero-order valence-electron chi connectivity index (χ0n) is 16.9. The van der Waals surface area contributed by atoms with Crippen molar-refractivity contribution >= 4 is 23.2 Å². The second-order valence-corrected chi connectivity index (χ2v) is 7.92. The van der Waals surface area contributed by atoms with E-state index in [9.17, 15) is 14.9 Å². The second kappa shape index (κ2) is 8.38. The highest BCUT2D eigenvalue weighted by Gasteiger charge is 2.32. The van der Waals surface area contributed by atoms with Crippen LogP contribution in [0.3, 0.4) is 0 Å². The summed E-state index contributed by atoms with van der Waals surface area (Å²) in [5, 5.41) is 15.0. The minimum absolute atomic E-state index is 0.00877. The van der Waals surface area contributed by atoms with Crippen LogP contribution in [0.1, 0.15) is 26.3 Å². The Morgan fingerprint density at radius 2 is 1.86 bits per heavy atom.